The van der Waals surface area contributed by atoms with Gasteiger partial charge in [-0.2, -0.15) is 0 Å². The van der Waals surface area contributed by atoms with Gasteiger partial charge < -0.3 is 21.4 Å². The number of hydrogen-bond donors (Lipinski definition) is 0. The molecular weight excluding hydrogens is 453 g/mol. The van der Waals surface area contributed by atoms with E-state index in [1.54, 1.807) is 0 Å². The van der Waals surface area contributed by atoms with Crippen LogP contribution in [0, 0.1) is 0 Å². The Kier molecular flexibility index (Phi) is 6.13. The molecule has 0 unspecified atom stereocenters. The van der Waals surface area contributed by atoms with E-state index in [4.69, 9.17) is 9.40 Å². The van der Waals surface area contributed by atoms with Gasteiger partial charge in [0.05, 0.1) is 0 Å². The summed E-state index contributed by atoms with van der Waals surface area (Å²) in [6, 6.07) is 40.5. The lowest BCUT2D eigenvalue weighted by atomic mass is 10.3. The van der Waals surface area contributed by atoms with Gasteiger partial charge in [-0.25, -0.2) is 4.98 Å². The minimum atomic E-state index is -1.99. The van der Waals surface area contributed by atoms with E-state index in [2.05, 4.69) is 91.0 Å². The molecule has 0 aliphatic carbocycles. The number of fused-ring (bicyclic) bond motifs is 1. The van der Waals surface area contributed by atoms with E-state index in [9.17, 15) is 0 Å². The average Bonchev–Trinajstić information content (AvgIpc) is 3.22. The van der Waals surface area contributed by atoms with E-state index in [-0.39, 0.29) is 17.0 Å². The largest absolute Gasteiger partial charge is 1.00 e. The van der Waals surface area contributed by atoms with Gasteiger partial charge in [0.15, 0.2) is 5.58 Å². The van der Waals surface area contributed by atoms with E-state index in [0.717, 1.165) is 23.2 Å². The molecule has 148 valence electrons. The summed E-state index contributed by atoms with van der Waals surface area (Å²) in [7, 11) is -1.99. The minimum absolute atomic E-state index is 0. The van der Waals surface area contributed by atoms with Gasteiger partial charge in [0.2, 0.25) is 5.89 Å². The van der Waals surface area contributed by atoms with Gasteiger partial charge in [-0.15, -0.1) is 0 Å². The first kappa shape index (κ1) is 20.5. The third-order valence-corrected chi connectivity index (χ3v) is 9.59. The lowest BCUT2D eigenvalue weighted by Crippen LogP contribution is -3.00. The molecule has 0 radical (unpaired) electrons. The summed E-state index contributed by atoms with van der Waals surface area (Å²) in [5.74, 6) is 0.788. The predicted octanol–water partition coefficient (Wildman–Crippen LogP) is 2.33. The second-order valence-corrected chi connectivity index (χ2v) is 10.5. The molecular formula is C26H21BrNOP. The molecule has 0 amide bonds. The minimum Gasteiger partial charge on any atom is -1.00 e. The molecule has 0 aliphatic rings. The SMILES string of the molecule is [Br-].c1ccc([P+](Cc2nc3ccccc3o2)(c2ccccc2)c2ccccc2)cc1. The molecule has 0 N–H and O–H groups in total. The molecule has 5 aromatic rings. The van der Waals surface area contributed by atoms with Crippen LogP contribution in [0.25, 0.3) is 11.1 Å². The summed E-state index contributed by atoms with van der Waals surface area (Å²) in [6.07, 6.45) is 0.750. The van der Waals surface area contributed by atoms with E-state index in [0.29, 0.717) is 0 Å². The Morgan fingerprint density at radius 3 is 1.47 bits per heavy atom. The zero-order valence-electron chi connectivity index (χ0n) is 16.4. The van der Waals surface area contributed by atoms with Crippen molar-refractivity contribution in [3.63, 3.8) is 0 Å². The summed E-state index contributed by atoms with van der Waals surface area (Å²) in [5, 5.41) is 4.00. The van der Waals surface area contributed by atoms with Crippen molar-refractivity contribution in [1.82, 2.24) is 4.98 Å². The Labute approximate surface area is 187 Å². The van der Waals surface area contributed by atoms with E-state index >= 15 is 0 Å². The molecule has 1 heterocycles. The van der Waals surface area contributed by atoms with Crippen LogP contribution in [0.3, 0.4) is 0 Å². The second-order valence-electron chi connectivity index (χ2n) is 7.05. The van der Waals surface area contributed by atoms with Crippen molar-refractivity contribution in [2.75, 3.05) is 0 Å². The number of nitrogens with zero attached hydrogens (tertiary/aromatic N) is 1. The Morgan fingerprint density at radius 2 is 1.00 bits per heavy atom. The van der Waals surface area contributed by atoms with Gasteiger partial charge in [0.1, 0.15) is 34.9 Å². The fourth-order valence-electron chi connectivity index (χ4n) is 3.96. The maximum atomic E-state index is 6.20. The summed E-state index contributed by atoms with van der Waals surface area (Å²) in [5.41, 5.74) is 1.75. The molecule has 0 spiro atoms. The van der Waals surface area contributed by atoms with Crippen LogP contribution in [0.1, 0.15) is 5.89 Å². The standard InChI is InChI=1S/C26H21NOP.BrH/c1-4-12-21(13-5-1)29(22-14-6-2-7-15-22,23-16-8-3-9-17-23)20-26-27-24-18-10-11-19-25(24)28-26;/h1-19H,20H2;1H/q+1;/p-1. The van der Waals surface area contributed by atoms with Crippen molar-refractivity contribution in [3.05, 3.63) is 121 Å². The van der Waals surface area contributed by atoms with Crippen LogP contribution in [0.5, 0.6) is 0 Å². The molecule has 0 bridgehead atoms. The van der Waals surface area contributed by atoms with Gasteiger partial charge in [0.25, 0.3) is 0 Å². The predicted molar refractivity (Wildman–Crippen MR) is 123 cm³/mol. The molecule has 30 heavy (non-hydrogen) atoms. The highest BCUT2D eigenvalue weighted by molar-refractivity contribution is 7.95. The number of halogens is 1. The maximum absolute atomic E-state index is 6.20. The molecule has 0 saturated heterocycles. The topological polar surface area (TPSA) is 26.0 Å². The van der Waals surface area contributed by atoms with Gasteiger partial charge in [-0.3, -0.25) is 0 Å². The zero-order chi connectivity index (χ0) is 19.5. The van der Waals surface area contributed by atoms with Crippen LogP contribution in [0.2, 0.25) is 0 Å². The van der Waals surface area contributed by atoms with Gasteiger partial charge in [-0.05, 0) is 48.5 Å². The lowest BCUT2D eigenvalue weighted by molar-refractivity contribution is -0.00000635. The van der Waals surface area contributed by atoms with Crippen molar-refractivity contribution in [3.8, 4) is 0 Å². The monoisotopic (exact) mass is 473 g/mol. The molecule has 2 nitrogen and oxygen atoms in total. The Bertz CT molecular complexity index is 1090. The van der Waals surface area contributed by atoms with Crippen LogP contribution >= 0.6 is 7.26 Å². The van der Waals surface area contributed by atoms with Crippen molar-refractivity contribution in [2.24, 2.45) is 0 Å². The van der Waals surface area contributed by atoms with Crippen molar-refractivity contribution >= 4 is 34.3 Å². The van der Waals surface area contributed by atoms with Crippen LogP contribution in [-0.4, -0.2) is 4.98 Å². The van der Waals surface area contributed by atoms with Crippen LogP contribution in [-0.2, 0) is 6.16 Å². The maximum Gasteiger partial charge on any atom is 0.234 e. The number of rotatable bonds is 5. The molecule has 1 aromatic heterocycles. The number of hydrogen-bond acceptors (Lipinski definition) is 2. The first-order valence-corrected chi connectivity index (χ1v) is 11.7. The smallest absolute Gasteiger partial charge is 0.234 e. The first-order chi connectivity index (χ1) is 14.4. The summed E-state index contributed by atoms with van der Waals surface area (Å²) >= 11 is 0. The molecule has 0 aliphatic heterocycles. The highest BCUT2D eigenvalue weighted by atomic mass is 79.9. The number of benzene rings is 4. The summed E-state index contributed by atoms with van der Waals surface area (Å²) in [4.78, 5) is 4.84. The molecule has 5 rings (SSSR count). The lowest BCUT2D eigenvalue weighted by Gasteiger charge is -2.26. The van der Waals surface area contributed by atoms with E-state index in [1.165, 1.54) is 15.9 Å². The molecule has 0 fully saturated rings. The average molecular weight is 474 g/mol. The highest BCUT2D eigenvalue weighted by Gasteiger charge is 2.46. The number of aromatic nitrogens is 1. The van der Waals surface area contributed by atoms with Gasteiger partial charge in [0, 0.05) is 0 Å². The van der Waals surface area contributed by atoms with E-state index in [1.807, 2.05) is 24.3 Å². The van der Waals surface area contributed by atoms with Crippen molar-refractivity contribution in [2.45, 2.75) is 6.16 Å². The van der Waals surface area contributed by atoms with Crippen molar-refractivity contribution in [1.29, 1.82) is 0 Å². The Hall–Kier alpha value is -2.74. The van der Waals surface area contributed by atoms with Gasteiger partial charge in [-0.1, -0.05) is 66.7 Å². The molecule has 4 heteroatoms. The second kappa shape index (κ2) is 8.95. The summed E-state index contributed by atoms with van der Waals surface area (Å²) < 4.78 is 6.20. The van der Waals surface area contributed by atoms with Gasteiger partial charge >= 0.3 is 0 Å². The highest BCUT2D eigenvalue weighted by Crippen LogP contribution is 2.58. The van der Waals surface area contributed by atoms with Crippen LogP contribution in [0.15, 0.2) is 120 Å². The fraction of sp³-hybridized carbons (Fsp3) is 0.0385. The Balaban J connectivity index is 0.00000218. The zero-order valence-corrected chi connectivity index (χ0v) is 18.8. The first-order valence-electron chi connectivity index (χ1n) is 9.76. The number of oxazole rings is 1. The molecule has 0 atom stereocenters. The third kappa shape index (κ3) is 3.71. The normalized spacial score (nSPS) is 11.2. The Morgan fingerprint density at radius 1 is 0.567 bits per heavy atom. The van der Waals surface area contributed by atoms with Crippen LogP contribution < -0.4 is 32.9 Å². The quantitative estimate of drug-likeness (QED) is 0.366. The number of para-hydroxylation sites is 2. The summed E-state index contributed by atoms with van der Waals surface area (Å²) in [6.45, 7) is 0. The van der Waals surface area contributed by atoms with Crippen LogP contribution in [0.4, 0.5) is 0 Å². The third-order valence-electron chi connectivity index (χ3n) is 5.30. The fourth-order valence-corrected chi connectivity index (χ4v) is 7.99. The van der Waals surface area contributed by atoms with Crippen molar-refractivity contribution < 1.29 is 21.4 Å². The molecule has 0 saturated carbocycles. The molecule has 4 aromatic carbocycles. The van der Waals surface area contributed by atoms with E-state index < -0.39 is 7.26 Å².